The van der Waals surface area contributed by atoms with E-state index in [2.05, 4.69) is 25.9 Å². The van der Waals surface area contributed by atoms with Crippen LogP contribution in [-0.4, -0.2) is 17.0 Å². The van der Waals surface area contributed by atoms with Crippen LogP contribution in [0.4, 0.5) is 5.82 Å². The summed E-state index contributed by atoms with van der Waals surface area (Å²) in [5.74, 6) is 2.71. The lowest BCUT2D eigenvalue weighted by atomic mass is 10.4. The highest BCUT2D eigenvalue weighted by molar-refractivity contribution is 9.10. The third-order valence-electron chi connectivity index (χ3n) is 2.20. The topological polar surface area (TPSA) is 42.2 Å². The highest BCUT2D eigenvalue weighted by atomic mass is 79.9. The van der Waals surface area contributed by atoms with Gasteiger partial charge in [0, 0.05) is 13.1 Å². The van der Waals surface area contributed by atoms with Gasteiger partial charge in [-0.2, -0.15) is 0 Å². The van der Waals surface area contributed by atoms with E-state index in [-0.39, 0.29) is 0 Å². The van der Waals surface area contributed by atoms with E-state index in [0.717, 1.165) is 21.9 Å². The molecule has 0 bridgehead atoms. The fraction of sp³-hybridized carbons (Fsp3) is 0.273. The van der Waals surface area contributed by atoms with Gasteiger partial charge in [0.05, 0.1) is 6.54 Å². The molecule has 0 aliphatic heterocycles. The van der Waals surface area contributed by atoms with E-state index in [0.29, 0.717) is 6.54 Å². The SMILES string of the molecule is Cc1ccc(CN(C)c2cc(Br)ncn2)o1. The monoisotopic (exact) mass is 281 g/mol. The largest absolute Gasteiger partial charge is 0.464 e. The van der Waals surface area contributed by atoms with Crippen LogP contribution in [0.1, 0.15) is 11.5 Å². The molecule has 84 valence electrons. The first-order valence-electron chi connectivity index (χ1n) is 4.89. The summed E-state index contributed by atoms with van der Waals surface area (Å²) in [6.45, 7) is 2.63. The zero-order valence-electron chi connectivity index (χ0n) is 9.14. The average Bonchev–Trinajstić information content (AvgIpc) is 2.64. The maximum atomic E-state index is 5.51. The van der Waals surface area contributed by atoms with Crippen LogP contribution < -0.4 is 4.90 Å². The maximum Gasteiger partial charge on any atom is 0.133 e. The minimum absolute atomic E-state index is 0.692. The van der Waals surface area contributed by atoms with Crippen molar-refractivity contribution in [1.82, 2.24) is 9.97 Å². The molecule has 2 heterocycles. The molecule has 0 aromatic carbocycles. The van der Waals surface area contributed by atoms with Crippen molar-refractivity contribution in [3.05, 3.63) is 40.7 Å². The minimum Gasteiger partial charge on any atom is -0.464 e. The standard InChI is InChI=1S/C11H12BrN3O/c1-8-3-4-9(16-8)6-15(2)11-5-10(12)13-7-14-11/h3-5,7H,6H2,1-2H3. The van der Waals surface area contributed by atoms with E-state index < -0.39 is 0 Å². The van der Waals surface area contributed by atoms with Gasteiger partial charge in [-0.1, -0.05) is 0 Å². The van der Waals surface area contributed by atoms with Crippen molar-refractivity contribution < 1.29 is 4.42 Å². The molecule has 16 heavy (non-hydrogen) atoms. The van der Waals surface area contributed by atoms with E-state index in [1.54, 1.807) is 0 Å². The van der Waals surface area contributed by atoms with E-state index in [4.69, 9.17) is 4.42 Å². The van der Waals surface area contributed by atoms with E-state index >= 15 is 0 Å². The van der Waals surface area contributed by atoms with Crippen molar-refractivity contribution >= 4 is 21.7 Å². The van der Waals surface area contributed by atoms with Crippen molar-refractivity contribution in [2.24, 2.45) is 0 Å². The van der Waals surface area contributed by atoms with Gasteiger partial charge in [0.25, 0.3) is 0 Å². The second-order valence-electron chi connectivity index (χ2n) is 3.57. The van der Waals surface area contributed by atoms with Crippen LogP contribution in [-0.2, 0) is 6.54 Å². The molecule has 0 saturated carbocycles. The highest BCUT2D eigenvalue weighted by Gasteiger charge is 2.06. The molecule has 0 N–H and O–H groups in total. The minimum atomic E-state index is 0.692. The average molecular weight is 282 g/mol. The summed E-state index contributed by atoms with van der Waals surface area (Å²) in [5.41, 5.74) is 0. The molecule has 2 aromatic rings. The Labute approximate surface area is 102 Å². The fourth-order valence-corrected chi connectivity index (χ4v) is 1.71. The number of rotatable bonds is 3. The first kappa shape index (κ1) is 11.1. The zero-order valence-corrected chi connectivity index (χ0v) is 10.7. The summed E-state index contributed by atoms with van der Waals surface area (Å²) in [5, 5.41) is 0. The first-order valence-corrected chi connectivity index (χ1v) is 5.68. The Bertz CT molecular complexity index is 484. The van der Waals surface area contributed by atoms with Gasteiger partial charge in [0.1, 0.15) is 28.3 Å². The number of hydrogen-bond acceptors (Lipinski definition) is 4. The molecule has 5 heteroatoms. The van der Waals surface area contributed by atoms with Crippen molar-refractivity contribution in [2.75, 3.05) is 11.9 Å². The van der Waals surface area contributed by atoms with Gasteiger partial charge in [0.15, 0.2) is 0 Å². The summed E-state index contributed by atoms with van der Waals surface area (Å²) in [6, 6.07) is 5.80. The first-order chi connectivity index (χ1) is 7.65. The Hall–Kier alpha value is -1.36. The van der Waals surface area contributed by atoms with Gasteiger partial charge in [-0.15, -0.1) is 0 Å². The van der Waals surface area contributed by atoms with Gasteiger partial charge < -0.3 is 9.32 Å². The molecule has 2 rings (SSSR count). The summed E-state index contributed by atoms with van der Waals surface area (Å²) < 4.78 is 6.29. The Morgan fingerprint density at radius 3 is 2.81 bits per heavy atom. The zero-order chi connectivity index (χ0) is 11.5. The summed E-state index contributed by atoms with van der Waals surface area (Å²) in [7, 11) is 1.96. The summed E-state index contributed by atoms with van der Waals surface area (Å²) in [6.07, 6.45) is 1.53. The molecule has 0 aliphatic carbocycles. The second kappa shape index (κ2) is 4.65. The number of anilines is 1. The number of aromatic nitrogens is 2. The van der Waals surface area contributed by atoms with E-state index in [9.17, 15) is 0 Å². The second-order valence-corrected chi connectivity index (χ2v) is 4.38. The van der Waals surface area contributed by atoms with Crippen molar-refractivity contribution in [3.63, 3.8) is 0 Å². The van der Waals surface area contributed by atoms with Crippen LogP contribution in [0.15, 0.2) is 33.5 Å². The van der Waals surface area contributed by atoms with Gasteiger partial charge >= 0.3 is 0 Å². The van der Waals surface area contributed by atoms with Crippen LogP contribution in [0, 0.1) is 6.92 Å². The Kier molecular flexibility index (Phi) is 3.24. The molecule has 0 radical (unpaired) electrons. The van der Waals surface area contributed by atoms with Crippen molar-refractivity contribution in [3.8, 4) is 0 Å². The molecule has 0 fully saturated rings. The molecule has 0 amide bonds. The number of nitrogens with zero attached hydrogens (tertiary/aromatic N) is 3. The van der Waals surface area contributed by atoms with Crippen LogP contribution in [0.3, 0.4) is 0 Å². The van der Waals surface area contributed by atoms with Crippen LogP contribution >= 0.6 is 15.9 Å². The van der Waals surface area contributed by atoms with Gasteiger partial charge in [0.2, 0.25) is 0 Å². The van der Waals surface area contributed by atoms with E-state index in [1.165, 1.54) is 6.33 Å². The molecule has 0 aliphatic rings. The van der Waals surface area contributed by atoms with E-state index in [1.807, 2.05) is 37.1 Å². The molecular weight excluding hydrogens is 270 g/mol. The lowest BCUT2D eigenvalue weighted by Crippen LogP contribution is -2.17. The molecule has 0 unspecified atom stereocenters. The Morgan fingerprint density at radius 1 is 1.38 bits per heavy atom. The molecule has 2 aromatic heterocycles. The Morgan fingerprint density at radius 2 is 2.19 bits per heavy atom. The summed E-state index contributed by atoms with van der Waals surface area (Å²) >= 11 is 3.32. The van der Waals surface area contributed by atoms with Crippen LogP contribution in [0.5, 0.6) is 0 Å². The van der Waals surface area contributed by atoms with Crippen LogP contribution in [0.2, 0.25) is 0 Å². The lowest BCUT2D eigenvalue weighted by molar-refractivity contribution is 0.481. The molecular formula is C11H12BrN3O. The molecule has 0 spiro atoms. The third-order valence-corrected chi connectivity index (χ3v) is 2.63. The predicted molar refractivity (Wildman–Crippen MR) is 65.3 cm³/mol. The third kappa shape index (κ3) is 2.61. The number of hydrogen-bond donors (Lipinski definition) is 0. The smallest absolute Gasteiger partial charge is 0.133 e. The summed E-state index contributed by atoms with van der Waals surface area (Å²) in [4.78, 5) is 10.2. The van der Waals surface area contributed by atoms with Gasteiger partial charge in [-0.05, 0) is 35.0 Å². The fourth-order valence-electron chi connectivity index (χ4n) is 1.42. The molecule has 4 nitrogen and oxygen atoms in total. The predicted octanol–water partition coefficient (Wildman–Crippen LogP) is 2.78. The highest BCUT2D eigenvalue weighted by Crippen LogP contribution is 2.16. The number of furan rings is 1. The maximum absolute atomic E-state index is 5.51. The van der Waals surface area contributed by atoms with Crippen molar-refractivity contribution in [1.29, 1.82) is 0 Å². The molecule has 0 atom stereocenters. The number of halogens is 1. The van der Waals surface area contributed by atoms with Gasteiger partial charge in [-0.25, -0.2) is 9.97 Å². The molecule has 0 saturated heterocycles. The lowest BCUT2D eigenvalue weighted by Gasteiger charge is -2.16. The Balaban J connectivity index is 2.11. The quantitative estimate of drug-likeness (QED) is 0.812. The van der Waals surface area contributed by atoms with Crippen molar-refractivity contribution in [2.45, 2.75) is 13.5 Å². The van der Waals surface area contributed by atoms with Crippen LogP contribution in [0.25, 0.3) is 0 Å². The normalized spacial score (nSPS) is 10.4. The van der Waals surface area contributed by atoms with Gasteiger partial charge in [-0.3, -0.25) is 0 Å². The number of aryl methyl sites for hydroxylation is 1.